The lowest BCUT2D eigenvalue weighted by Gasteiger charge is -2.20. The van der Waals surface area contributed by atoms with Gasteiger partial charge in [-0.25, -0.2) is 9.59 Å². The topological polar surface area (TPSA) is 115 Å². The van der Waals surface area contributed by atoms with E-state index >= 15 is 0 Å². The third-order valence-electron chi connectivity index (χ3n) is 5.83. The van der Waals surface area contributed by atoms with Gasteiger partial charge in [-0.15, -0.1) is 0 Å². The highest BCUT2D eigenvalue weighted by molar-refractivity contribution is 6.27. The van der Waals surface area contributed by atoms with Gasteiger partial charge in [-0.2, -0.15) is 0 Å². The summed E-state index contributed by atoms with van der Waals surface area (Å²) in [6.45, 7) is 1.67. The second-order valence-electron chi connectivity index (χ2n) is 8.42. The number of aromatic amines is 1. The zero-order valence-electron chi connectivity index (χ0n) is 20.6. The Morgan fingerprint density at radius 1 is 0.944 bits per heavy atom. The van der Waals surface area contributed by atoms with Gasteiger partial charge >= 0.3 is 11.9 Å². The molecule has 8 heteroatoms. The maximum Gasteiger partial charge on any atom is 0.414 e. The minimum atomic E-state index is -1.82. The Bertz CT molecular complexity index is 1270. The van der Waals surface area contributed by atoms with Crippen molar-refractivity contribution in [2.75, 3.05) is 32.6 Å². The number of aliphatic carboxylic acids is 2. The number of nitrogens with one attached hydrogen (secondary N) is 2. The Labute approximate surface area is 210 Å². The molecule has 0 aliphatic rings. The quantitative estimate of drug-likeness (QED) is 0.273. The molecule has 1 aromatic heterocycles. The van der Waals surface area contributed by atoms with Crippen molar-refractivity contribution in [3.8, 4) is 5.75 Å². The van der Waals surface area contributed by atoms with Gasteiger partial charge < -0.3 is 30.2 Å². The van der Waals surface area contributed by atoms with Crippen LogP contribution in [0.2, 0.25) is 0 Å². The number of rotatable bonds is 8. The first-order chi connectivity index (χ1) is 17.3. The molecule has 3 aromatic carbocycles. The number of hydrogen-bond donors (Lipinski definition) is 4. The van der Waals surface area contributed by atoms with Crippen LogP contribution in [0.25, 0.3) is 10.9 Å². The standard InChI is InChI=1S/C26H29N3O.C2H2O4/c1-29(2)21-12-10-20(11-13-21)24(25-18-28-26-7-5-4-6-23(25)26)17-27-16-19-8-14-22(30-3)15-9-19;3-1(4)2(5)6/h4-15,18,24,27-28H,16-17H2,1-3H3;(H,3,4)(H,5,6). The molecule has 4 N–H and O–H groups in total. The molecule has 0 spiro atoms. The van der Waals surface area contributed by atoms with E-state index in [9.17, 15) is 0 Å². The molecule has 0 radical (unpaired) electrons. The number of anilines is 1. The van der Waals surface area contributed by atoms with E-state index in [1.54, 1.807) is 7.11 Å². The van der Waals surface area contributed by atoms with E-state index in [-0.39, 0.29) is 5.92 Å². The van der Waals surface area contributed by atoms with Gasteiger partial charge in [0.2, 0.25) is 0 Å². The lowest BCUT2D eigenvalue weighted by molar-refractivity contribution is -0.159. The van der Waals surface area contributed by atoms with Crippen molar-refractivity contribution < 1.29 is 24.5 Å². The first-order valence-electron chi connectivity index (χ1n) is 11.4. The predicted molar refractivity (Wildman–Crippen MR) is 141 cm³/mol. The number of carboxylic acid groups (broad SMARTS) is 2. The maximum atomic E-state index is 9.10. The number of para-hydroxylation sites is 1. The third-order valence-corrected chi connectivity index (χ3v) is 5.83. The molecule has 0 fully saturated rings. The number of nitrogens with zero attached hydrogens (tertiary/aromatic N) is 1. The van der Waals surface area contributed by atoms with Crippen LogP contribution in [-0.4, -0.2) is 54.9 Å². The van der Waals surface area contributed by atoms with Crippen molar-refractivity contribution in [2.24, 2.45) is 0 Å². The van der Waals surface area contributed by atoms with Gasteiger partial charge in [0.05, 0.1) is 7.11 Å². The fraction of sp³-hybridized carbons (Fsp3) is 0.214. The number of carbonyl (C=O) groups is 2. The number of ether oxygens (including phenoxy) is 1. The van der Waals surface area contributed by atoms with Crippen LogP contribution in [0.5, 0.6) is 5.75 Å². The van der Waals surface area contributed by atoms with Gasteiger partial charge in [0.15, 0.2) is 0 Å². The largest absolute Gasteiger partial charge is 0.497 e. The highest BCUT2D eigenvalue weighted by atomic mass is 16.5. The van der Waals surface area contributed by atoms with Crippen LogP contribution in [-0.2, 0) is 16.1 Å². The van der Waals surface area contributed by atoms with E-state index in [0.717, 1.165) is 18.8 Å². The highest BCUT2D eigenvalue weighted by Crippen LogP contribution is 2.31. The smallest absolute Gasteiger partial charge is 0.414 e. The molecule has 0 saturated carbocycles. The van der Waals surface area contributed by atoms with E-state index in [4.69, 9.17) is 24.5 Å². The summed E-state index contributed by atoms with van der Waals surface area (Å²) in [6.07, 6.45) is 2.16. The molecule has 0 saturated heterocycles. The molecule has 4 rings (SSSR count). The first kappa shape index (κ1) is 26.3. The average molecular weight is 490 g/mol. The molecule has 1 unspecified atom stereocenters. The van der Waals surface area contributed by atoms with Gasteiger partial charge in [0, 0.05) is 55.9 Å². The Morgan fingerprint density at radius 2 is 1.58 bits per heavy atom. The number of fused-ring (bicyclic) bond motifs is 1. The van der Waals surface area contributed by atoms with E-state index < -0.39 is 11.9 Å². The van der Waals surface area contributed by atoms with E-state index in [1.165, 1.54) is 33.3 Å². The summed E-state index contributed by atoms with van der Waals surface area (Å²) in [4.78, 5) is 23.8. The minimum absolute atomic E-state index is 0.260. The summed E-state index contributed by atoms with van der Waals surface area (Å²) >= 11 is 0. The molecule has 188 valence electrons. The number of hydrogen-bond acceptors (Lipinski definition) is 5. The minimum Gasteiger partial charge on any atom is -0.497 e. The molecule has 4 aromatic rings. The zero-order chi connectivity index (χ0) is 26.1. The van der Waals surface area contributed by atoms with E-state index in [1.807, 2.05) is 12.1 Å². The number of carboxylic acids is 2. The van der Waals surface area contributed by atoms with Crippen molar-refractivity contribution in [1.29, 1.82) is 0 Å². The summed E-state index contributed by atoms with van der Waals surface area (Å²) < 4.78 is 5.26. The predicted octanol–water partition coefficient (Wildman–Crippen LogP) is 4.32. The number of H-pyrrole nitrogens is 1. The third kappa shape index (κ3) is 6.86. The Hall–Kier alpha value is -4.30. The van der Waals surface area contributed by atoms with Crippen LogP contribution in [0.4, 0.5) is 5.69 Å². The molecule has 0 aliphatic heterocycles. The van der Waals surface area contributed by atoms with Gasteiger partial charge in [-0.05, 0) is 47.0 Å². The number of aromatic nitrogens is 1. The molecule has 0 bridgehead atoms. The van der Waals surface area contributed by atoms with Gasteiger partial charge in [0.25, 0.3) is 0 Å². The lowest BCUT2D eigenvalue weighted by atomic mass is 9.90. The Balaban J connectivity index is 0.000000538. The summed E-state index contributed by atoms with van der Waals surface area (Å²) in [6, 6.07) is 25.6. The van der Waals surface area contributed by atoms with Crippen LogP contribution in [0.15, 0.2) is 79.0 Å². The molecule has 8 nitrogen and oxygen atoms in total. The molecule has 0 amide bonds. The van der Waals surface area contributed by atoms with Crippen LogP contribution in [0, 0.1) is 0 Å². The summed E-state index contributed by atoms with van der Waals surface area (Å²) in [5, 5.41) is 19.7. The Kier molecular flexibility index (Phi) is 9.07. The maximum absolute atomic E-state index is 9.10. The second kappa shape index (κ2) is 12.4. The normalized spacial score (nSPS) is 11.3. The van der Waals surface area contributed by atoms with Gasteiger partial charge in [-0.1, -0.05) is 42.5 Å². The molecule has 0 aliphatic carbocycles. The molecular formula is C28H31N3O5. The molecule has 1 atom stereocenters. The highest BCUT2D eigenvalue weighted by Gasteiger charge is 2.18. The van der Waals surface area contributed by atoms with Crippen molar-refractivity contribution in [3.05, 3.63) is 95.7 Å². The molecule has 1 heterocycles. The summed E-state index contributed by atoms with van der Waals surface area (Å²) in [7, 11) is 5.84. The molecule has 36 heavy (non-hydrogen) atoms. The van der Waals surface area contributed by atoms with Gasteiger partial charge in [0.1, 0.15) is 5.75 Å². The van der Waals surface area contributed by atoms with Crippen molar-refractivity contribution in [1.82, 2.24) is 10.3 Å². The summed E-state index contributed by atoms with van der Waals surface area (Å²) in [5.41, 5.74) is 6.27. The first-order valence-corrected chi connectivity index (χ1v) is 11.4. The average Bonchev–Trinajstić information content (AvgIpc) is 3.31. The van der Waals surface area contributed by atoms with Crippen LogP contribution in [0.1, 0.15) is 22.6 Å². The van der Waals surface area contributed by atoms with Crippen molar-refractivity contribution in [3.63, 3.8) is 0 Å². The zero-order valence-corrected chi connectivity index (χ0v) is 20.6. The lowest BCUT2D eigenvalue weighted by Crippen LogP contribution is -2.22. The number of methoxy groups -OCH3 is 1. The van der Waals surface area contributed by atoms with Gasteiger partial charge in [-0.3, -0.25) is 0 Å². The summed E-state index contributed by atoms with van der Waals surface area (Å²) in [5.74, 6) is -2.50. The fourth-order valence-electron chi connectivity index (χ4n) is 3.90. The van der Waals surface area contributed by atoms with Crippen molar-refractivity contribution in [2.45, 2.75) is 12.5 Å². The van der Waals surface area contributed by atoms with E-state index in [2.05, 4.69) is 96.2 Å². The SMILES string of the molecule is COc1ccc(CNCC(c2ccc(N(C)C)cc2)c2c[nH]c3ccccc23)cc1.O=C(O)C(=O)O. The van der Waals surface area contributed by atoms with Crippen molar-refractivity contribution >= 4 is 28.5 Å². The van der Waals surface area contributed by atoms with Crippen LogP contribution in [0.3, 0.4) is 0 Å². The Morgan fingerprint density at radius 3 is 2.17 bits per heavy atom. The van der Waals surface area contributed by atoms with E-state index in [0.29, 0.717) is 0 Å². The second-order valence-corrected chi connectivity index (χ2v) is 8.42. The van der Waals surface area contributed by atoms with Crippen LogP contribution >= 0.6 is 0 Å². The fourth-order valence-corrected chi connectivity index (χ4v) is 3.90. The number of benzene rings is 3. The van der Waals surface area contributed by atoms with Crippen LogP contribution < -0.4 is 15.0 Å². The monoisotopic (exact) mass is 489 g/mol. The molecular weight excluding hydrogens is 458 g/mol.